The first-order valence-corrected chi connectivity index (χ1v) is 35.2. The van der Waals surface area contributed by atoms with E-state index in [1.54, 1.807) is 0 Å². The van der Waals surface area contributed by atoms with Gasteiger partial charge in [-0.05, 0) is 51.4 Å². The van der Waals surface area contributed by atoms with Crippen LogP contribution in [0.5, 0.6) is 0 Å². The highest BCUT2D eigenvalue weighted by Crippen LogP contribution is 2.19. The molecule has 0 aromatic carbocycles. The van der Waals surface area contributed by atoms with Gasteiger partial charge in [0.25, 0.3) is 6.29 Å². The van der Waals surface area contributed by atoms with Crippen molar-refractivity contribution in [1.29, 1.82) is 0 Å². The zero-order valence-electron chi connectivity index (χ0n) is 54.5. The molecule has 9 heteroatoms. The SMILES string of the molecule is CCCCCCC/C=C\C/C=C\C/C=C\CCCCCCCCCCCCCCCCCCCCCCCCCCC(=O)OC(COC(=O)CCCCCCCCCCCCCCCCCCC)COC(OCC[N+](C)(C)C)C(=O)O. The quantitative estimate of drug-likeness (QED) is 0.0211. The van der Waals surface area contributed by atoms with Crippen LogP contribution in [0, 0.1) is 0 Å². The van der Waals surface area contributed by atoms with Gasteiger partial charge in [-0.1, -0.05) is 320 Å². The molecule has 0 heterocycles. The maximum absolute atomic E-state index is 12.9. The number of aliphatic carboxylic acids is 1. The van der Waals surface area contributed by atoms with Crippen LogP contribution in [0.25, 0.3) is 0 Å². The minimum atomic E-state index is -1.51. The first kappa shape index (κ1) is 78.5. The Balaban J connectivity index is 3.95. The number of unbranched alkanes of at least 4 members (excludes halogenated alkanes) is 45. The summed E-state index contributed by atoms with van der Waals surface area (Å²) in [6.45, 7) is 4.93. The zero-order chi connectivity index (χ0) is 59.1. The number of carboxylic acid groups (broad SMARTS) is 1. The van der Waals surface area contributed by atoms with Crippen molar-refractivity contribution in [3.63, 3.8) is 0 Å². The molecular formula is C72H136NO8+. The fraction of sp³-hybridized carbons (Fsp3) is 0.875. The van der Waals surface area contributed by atoms with Crippen LogP contribution in [0.2, 0.25) is 0 Å². The monoisotopic (exact) mass is 1140 g/mol. The van der Waals surface area contributed by atoms with Crippen LogP contribution in [-0.2, 0) is 33.3 Å². The topological polar surface area (TPSA) is 108 Å². The average molecular weight is 1140 g/mol. The van der Waals surface area contributed by atoms with E-state index in [1.807, 2.05) is 21.1 Å². The lowest BCUT2D eigenvalue weighted by atomic mass is 10.0. The van der Waals surface area contributed by atoms with E-state index in [9.17, 15) is 19.5 Å². The largest absolute Gasteiger partial charge is 0.477 e. The predicted molar refractivity (Wildman–Crippen MR) is 346 cm³/mol. The summed E-state index contributed by atoms with van der Waals surface area (Å²) in [5, 5.41) is 9.73. The third-order valence-corrected chi connectivity index (χ3v) is 15.9. The van der Waals surface area contributed by atoms with Crippen molar-refractivity contribution in [2.75, 3.05) is 47.5 Å². The molecule has 0 aliphatic heterocycles. The summed E-state index contributed by atoms with van der Waals surface area (Å²) in [5.41, 5.74) is 0. The molecule has 0 aliphatic carbocycles. The molecule has 9 nitrogen and oxygen atoms in total. The van der Waals surface area contributed by atoms with Crippen LogP contribution in [0.1, 0.15) is 348 Å². The van der Waals surface area contributed by atoms with Gasteiger partial charge in [0.1, 0.15) is 13.2 Å². The Morgan fingerprint density at radius 2 is 0.667 bits per heavy atom. The second-order valence-corrected chi connectivity index (χ2v) is 25.2. The molecule has 0 aromatic rings. The number of carbonyl (C=O) groups is 3. The molecule has 0 amide bonds. The van der Waals surface area contributed by atoms with Gasteiger partial charge >= 0.3 is 17.9 Å². The number of allylic oxidation sites excluding steroid dienone is 6. The molecule has 0 rings (SSSR count). The Hall–Kier alpha value is -2.49. The molecule has 2 unspecified atom stereocenters. The second-order valence-electron chi connectivity index (χ2n) is 25.2. The van der Waals surface area contributed by atoms with Gasteiger partial charge in [0.05, 0.1) is 34.4 Å². The van der Waals surface area contributed by atoms with Gasteiger partial charge in [0.15, 0.2) is 6.10 Å². The van der Waals surface area contributed by atoms with E-state index in [0.717, 1.165) is 51.4 Å². The Bertz CT molecular complexity index is 1420. The molecular weight excluding hydrogens is 1010 g/mol. The lowest BCUT2D eigenvalue weighted by Crippen LogP contribution is -2.40. The third kappa shape index (κ3) is 64.9. The smallest absolute Gasteiger partial charge is 0.361 e. The van der Waals surface area contributed by atoms with Gasteiger partial charge in [-0.15, -0.1) is 0 Å². The minimum absolute atomic E-state index is 0.175. The summed E-state index contributed by atoms with van der Waals surface area (Å²) in [7, 11) is 5.99. The number of rotatable bonds is 66. The minimum Gasteiger partial charge on any atom is -0.477 e. The molecule has 476 valence electrons. The summed E-state index contributed by atoms with van der Waals surface area (Å²) < 4.78 is 23.0. The number of ether oxygens (including phenoxy) is 4. The van der Waals surface area contributed by atoms with Crippen LogP contribution >= 0.6 is 0 Å². The van der Waals surface area contributed by atoms with Crippen LogP contribution < -0.4 is 0 Å². The van der Waals surface area contributed by atoms with Crippen molar-refractivity contribution >= 4 is 17.9 Å². The van der Waals surface area contributed by atoms with Gasteiger partial charge in [-0.25, -0.2) is 4.79 Å². The van der Waals surface area contributed by atoms with E-state index in [-0.39, 0.29) is 38.2 Å². The number of hydrogen-bond donors (Lipinski definition) is 1. The summed E-state index contributed by atoms with van der Waals surface area (Å²) in [5.74, 6) is -1.98. The first-order valence-electron chi connectivity index (χ1n) is 35.2. The Kier molecular flexibility index (Phi) is 61.6. The zero-order valence-corrected chi connectivity index (χ0v) is 54.5. The second kappa shape index (κ2) is 63.5. The summed E-state index contributed by atoms with van der Waals surface area (Å²) in [4.78, 5) is 37.5. The molecule has 0 spiro atoms. The normalized spacial score (nSPS) is 12.9. The van der Waals surface area contributed by atoms with Gasteiger partial charge in [-0.2, -0.15) is 0 Å². The van der Waals surface area contributed by atoms with Crippen LogP contribution in [0.15, 0.2) is 36.5 Å². The molecule has 0 aromatic heterocycles. The van der Waals surface area contributed by atoms with Crippen molar-refractivity contribution in [2.24, 2.45) is 0 Å². The predicted octanol–water partition coefficient (Wildman–Crippen LogP) is 21.6. The van der Waals surface area contributed by atoms with Crippen molar-refractivity contribution < 1.29 is 42.9 Å². The summed E-state index contributed by atoms with van der Waals surface area (Å²) >= 11 is 0. The highest BCUT2D eigenvalue weighted by Gasteiger charge is 2.25. The molecule has 0 fully saturated rings. The lowest BCUT2D eigenvalue weighted by molar-refractivity contribution is -0.870. The first-order chi connectivity index (χ1) is 39.6. The van der Waals surface area contributed by atoms with Crippen molar-refractivity contribution in [2.45, 2.75) is 360 Å². The van der Waals surface area contributed by atoms with Crippen LogP contribution in [0.3, 0.4) is 0 Å². The molecule has 81 heavy (non-hydrogen) atoms. The van der Waals surface area contributed by atoms with E-state index in [4.69, 9.17) is 18.9 Å². The van der Waals surface area contributed by atoms with Gasteiger partial charge in [0.2, 0.25) is 0 Å². The number of nitrogens with zero attached hydrogens (tertiary/aromatic N) is 1. The number of carbonyl (C=O) groups excluding carboxylic acids is 2. The van der Waals surface area contributed by atoms with E-state index in [1.165, 1.54) is 270 Å². The van der Waals surface area contributed by atoms with Gasteiger partial charge in [0, 0.05) is 12.8 Å². The fourth-order valence-corrected chi connectivity index (χ4v) is 10.5. The number of esters is 2. The Morgan fingerprint density at radius 3 is 0.988 bits per heavy atom. The fourth-order valence-electron chi connectivity index (χ4n) is 10.5. The van der Waals surface area contributed by atoms with E-state index >= 15 is 0 Å². The summed E-state index contributed by atoms with van der Waals surface area (Å²) in [6.07, 6.45) is 77.0. The molecule has 0 saturated heterocycles. The third-order valence-electron chi connectivity index (χ3n) is 15.9. The van der Waals surface area contributed by atoms with Gasteiger partial charge < -0.3 is 28.5 Å². The van der Waals surface area contributed by atoms with E-state index in [2.05, 4.69) is 50.3 Å². The molecule has 2 atom stereocenters. The van der Waals surface area contributed by atoms with Gasteiger partial charge in [-0.3, -0.25) is 9.59 Å². The van der Waals surface area contributed by atoms with Crippen LogP contribution in [-0.4, -0.2) is 87.4 Å². The highest BCUT2D eigenvalue weighted by molar-refractivity contribution is 5.71. The maximum atomic E-state index is 12.9. The molecule has 0 bridgehead atoms. The molecule has 0 saturated carbocycles. The number of carboxylic acids is 1. The van der Waals surface area contributed by atoms with Crippen molar-refractivity contribution in [1.82, 2.24) is 0 Å². The van der Waals surface area contributed by atoms with Crippen molar-refractivity contribution in [3.8, 4) is 0 Å². The molecule has 0 aliphatic rings. The lowest BCUT2D eigenvalue weighted by Gasteiger charge is -2.25. The maximum Gasteiger partial charge on any atom is 0.361 e. The number of quaternary nitrogens is 1. The summed E-state index contributed by atoms with van der Waals surface area (Å²) in [6, 6.07) is 0. The Labute approximate surface area is 502 Å². The highest BCUT2D eigenvalue weighted by atomic mass is 16.7. The average Bonchev–Trinajstić information content (AvgIpc) is 3.44. The number of likely N-dealkylation sites (N-methyl/N-ethyl adjacent to an activating group) is 1. The molecule has 1 N–H and O–H groups in total. The molecule has 0 radical (unpaired) electrons. The Morgan fingerprint density at radius 1 is 0.370 bits per heavy atom. The standard InChI is InChI=1S/C72H135NO8/c1-6-8-10-12-14-16-18-20-22-24-25-26-27-28-29-30-31-32-33-34-35-36-37-38-39-40-41-42-43-44-45-47-49-51-53-55-57-59-61-63-70(75)81-68(67-80-72(71(76)77)78-65-64-73(3,4)5)66-79-69(74)62-60-58-56-54-52-50-48-46-23-21-19-17-15-13-11-9-7-2/h18,20,24-25,27-28,68,72H,6-17,19,21-23,26,29-67H2,1-5H3/p+1/b20-18-,25-24-,28-27-. The number of hydrogen-bond acceptors (Lipinski definition) is 7. The van der Waals surface area contributed by atoms with E-state index < -0.39 is 18.4 Å². The van der Waals surface area contributed by atoms with Crippen molar-refractivity contribution in [3.05, 3.63) is 36.5 Å². The van der Waals surface area contributed by atoms with E-state index in [0.29, 0.717) is 17.4 Å². The van der Waals surface area contributed by atoms with Crippen LogP contribution in [0.4, 0.5) is 0 Å².